The number of hydrogen-bond acceptors (Lipinski definition) is 3. The van der Waals surface area contributed by atoms with Gasteiger partial charge in [-0.1, -0.05) is 58.0 Å². The van der Waals surface area contributed by atoms with Crippen LogP contribution in [0.5, 0.6) is 11.5 Å². The van der Waals surface area contributed by atoms with Gasteiger partial charge in [-0.3, -0.25) is 14.9 Å². The third-order valence-corrected chi connectivity index (χ3v) is 3.69. The molecule has 0 atom stereocenters. The Morgan fingerprint density at radius 3 is 1.96 bits per heavy atom. The fourth-order valence-corrected chi connectivity index (χ4v) is 2.70. The minimum absolute atomic E-state index is 0.375. The van der Waals surface area contributed by atoms with Crippen molar-refractivity contribution in [3.05, 3.63) is 71.8 Å². The fourth-order valence-electron chi connectivity index (χ4n) is 2.70. The second-order valence-electron chi connectivity index (χ2n) is 5.04. The van der Waals surface area contributed by atoms with E-state index in [2.05, 4.69) is 5.32 Å². The SMILES string of the molecule is CC.CC.O=C1NC(=O)c2ccc(Oc3ccccc3)c3cccc1c23. The molecule has 4 rings (SSSR count). The first-order valence-corrected chi connectivity index (χ1v) is 8.88. The Morgan fingerprint density at radius 2 is 1.31 bits per heavy atom. The highest BCUT2D eigenvalue weighted by atomic mass is 16.5. The second-order valence-corrected chi connectivity index (χ2v) is 5.04. The number of para-hydroxylation sites is 1. The van der Waals surface area contributed by atoms with Gasteiger partial charge in [-0.2, -0.15) is 0 Å². The van der Waals surface area contributed by atoms with Gasteiger partial charge < -0.3 is 4.74 Å². The molecule has 1 aliphatic rings. The van der Waals surface area contributed by atoms with Gasteiger partial charge >= 0.3 is 0 Å². The molecule has 0 radical (unpaired) electrons. The molecular weight excluding hydrogens is 326 g/mol. The standard InChI is InChI=1S/C18H11NO3.2C2H6/c20-17-13-8-4-7-12-15(22-11-5-2-1-3-6-11)10-9-14(16(12)13)18(21)19-17;2*1-2/h1-10H,(H,19,20,21);2*1-2H3. The summed E-state index contributed by atoms with van der Waals surface area (Å²) in [5, 5.41) is 3.74. The van der Waals surface area contributed by atoms with Crippen molar-refractivity contribution in [1.82, 2.24) is 5.32 Å². The lowest BCUT2D eigenvalue weighted by Crippen LogP contribution is -2.34. The van der Waals surface area contributed by atoms with Crippen LogP contribution in [-0.4, -0.2) is 11.8 Å². The van der Waals surface area contributed by atoms with Crippen LogP contribution < -0.4 is 10.1 Å². The Labute approximate surface area is 153 Å². The molecule has 3 aromatic rings. The molecule has 2 amide bonds. The molecule has 0 saturated heterocycles. The van der Waals surface area contributed by atoms with Gasteiger partial charge in [-0.05, 0) is 30.3 Å². The molecule has 134 valence electrons. The van der Waals surface area contributed by atoms with E-state index in [-0.39, 0.29) is 11.8 Å². The average Bonchev–Trinajstić information content (AvgIpc) is 2.71. The number of ether oxygens (including phenoxy) is 1. The van der Waals surface area contributed by atoms with Crippen molar-refractivity contribution in [2.75, 3.05) is 0 Å². The second kappa shape index (κ2) is 8.81. The monoisotopic (exact) mass is 349 g/mol. The van der Waals surface area contributed by atoms with Crippen molar-refractivity contribution < 1.29 is 14.3 Å². The van der Waals surface area contributed by atoms with Crippen molar-refractivity contribution in [3.63, 3.8) is 0 Å². The van der Waals surface area contributed by atoms with Crippen LogP contribution >= 0.6 is 0 Å². The van der Waals surface area contributed by atoms with Crippen LogP contribution in [0.4, 0.5) is 0 Å². The molecule has 1 aliphatic heterocycles. The maximum Gasteiger partial charge on any atom is 0.258 e. The van der Waals surface area contributed by atoms with Gasteiger partial charge in [0.2, 0.25) is 0 Å². The van der Waals surface area contributed by atoms with E-state index in [1.165, 1.54) is 0 Å². The number of carbonyl (C=O) groups excluding carboxylic acids is 2. The van der Waals surface area contributed by atoms with Crippen molar-refractivity contribution in [3.8, 4) is 11.5 Å². The van der Waals surface area contributed by atoms with Gasteiger partial charge in [-0.15, -0.1) is 0 Å². The number of rotatable bonds is 2. The quantitative estimate of drug-likeness (QED) is 0.616. The zero-order valence-corrected chi connectivity index (χ0v) is 15.5. The molecule has 0 unspecified atom stereocenters. The summed E-state index contributed by atoms with van der Waals surface area (Å²) in [5.74, 6) is 0.573. The van der Waals surface area contributed by atoms with E-state index < -0.39 is 0 Å². The highest BCUT2D eigenvalue weighted by Gasteiger charge is 2.25. The van der Waals surface area contributed by atoms with E-state index in [1.54, 1.807) is 24.3 Å². The molecule has 3 aromatic carbocycles. The summed E-state index contributed by atoms with van der Waals surface area (Å²) < 4.78 is 5.90. The Balaban J connectivity index is 0.000000570. The largest absolute Gasteiger partial charge is 0.457 e. The van der Waals surface area contributed by atoms with Crippen molar-refractivity contribution in [1.29, 1.82) is 0 Å². The van der Waals surface area contributed by atoms with Crippen LogP contribution in [0.1, 0.15) is 48.4 Å². The van der Waals surface area contributed by atoms with Gasteiger partial charge in [0.25, 0.3) is 11.8 Å². The smallest absolute Gasteiger partial charge is 0.258 e. The molecule has 4 nitrogen and oxygen atoms in total. The number of imide groups is 1. The van der Waals surface area contributed by atoms with Gasteiger partial charge in [0, 0.05) is 21.9 Å². The molecular formula is C22H23NO3. The highest BCUT2D eigenvalue weighted by molar-refractivity contribution is 6.26. The normalized spacial score (nSPS) is 11.5. The van der Waals surface area contributed by atoms with Crippen molar-refractivity contribution in [2.45, 2.75) is 27.7 Å². The molecule has 0 aromatic heterocycles. The number of nitrogens with one attached hydrogen (secondary N) is 1. The van der Waals surface area contributed by atoms with Crippen LogP contribution in [-0.2, 0) is 0 Å². The molecule has 0 fully saturated rings. The molecule has 0 saturated carbocycles. The van der Waals surface area contributed by atoms with Crippen LogP contribution in [0.2, 0.25) is 0 Å². The predicted molar refractivity (Wildman–Crippen MR) is 105 cm³/mol. The number of carbonyl (C=O) groups is 2. The first-order valence-electron chi connectivity index (χ1n) is 8.88. The lowest BCUT2D eigenvalue weighted by atomic mass is 9.95. The van der Waals surface area contributed by atoms with Gasteiger partial charge in [0.1, 0.15) is 11.5 Å². The topological polar surface area (TPSA) is 55.4 Å². The van der Waals surface area contributed by atoms with Gasteiger partial charge in [0.15, 0.2) is 0 Å². The molecule has 0 bridgehead atoms. The Bertz CT molecular complexity index is 897. The van der Waals surface area contributed by atoms with E-state index >= 15 is 0 Å². The van der Waals surface area contributed by atoms with Crippen LogP contribution in [0.25, 0.3) is 10.8 Å². The van der Waals surface area contributed by atoms with E-state index in [1.807, 2.05) is 64.1 Å². The van der Waals surface area contributed by atoms with E-state index in [0.29, 0.717) is 28.0 Å². The summed E-state index contributed by atoms with van der Waals surface area (Å²) in [7, 11) is 0. The minimum atomic E-state index is -0.375. The zero-order valence-electron chi connectivity index (χ0n) is 15.5. The third kappa shape index (κ3) is 3.59. The summed E-state index contributed by atoms with van der Waals surface area (Å²) in [4.78, 5) is 24.0. The fraction of sp³-hybridized carbons (Fsp3) is 0.182. The summed E-state index contributed by atoms with van der Waals surface area (Å²) in [6, 6.07) is 18.2. The average molecular weight is 349 g/mol. The van der Waals surface area contributed by atoms with Crippen molar-refractivity contribution in [2.24, 2.45) is 0 Å². The molecule has 1 heterocycles. The Kier molecular flexibility index (Phi) is 6.50. The summed E-state index contributed by atoms with van der Waals surface area (Å²) >= 11 is 0. The molecule has 1 N–H and O–H groups in total. The first kappa shape index (κ1) is 19.2. The lowest BCUT2D eigenvalue weighted by molar-refractivity contribution is 0.0845. The van der Waals surface area contributed by atoms with Crippen LogP contribution in [0, 0.1) is 0 Å². The zero-order chi connectivity index (χ0) is 19.1. The molecule has 0 aliphatic carbocycles. The van der Waals surface area contributed by atoms with E-state index in [0.717, 1.165) is 5.39 Å². The maximum absolute atomic E-state index is 12.0. The van der Waals surface area contributed by atoms with Crippen molar-refractivity contribution >= 4 is 22.6 Å². The van der Waals surface area contributed by atoms with Crippen LogP contribution in [0.15, 0.2) is 60.7 Å². The van der Waals surface area contributed by atoms with Gasteiger partial charge in [0.05, 0.1) is 0 Å². The first-order chi connectivity index (χ1) is 12.7. The number of hydrogen-bond donors (Lipinski definition) is 1. The number of amides is 2. The summed E-state index contributed by atoms with van der Waals surface area (Å²) in [6.45, 7) is 8.00. The van der Waals surface area contributed by atoms with E-state index in [9.17, 15) is 9.59 Å². The molecule has 0 spiro atoms. The van der Waals surface area contributed by atoms with Crippen LogP contribution in [0.3, 0.4) is 0 Å². The highest BCUT2D eigenvalue weighted by Crippen LogP contribution is 2.35. The minimum Gasteiger partial charge on any atom is -0.457 e. The predicted octanol–water partition coefficient (Wildman–Crippen LogP) is 5.57. The Morgan fingerprint density at radius 1 is 0.692 bits per heavy atom. The number of benzene rings is 3. The van der Waals surface area contributed by atoms with E-state index in [4.69, 9.17) is 4.74 Å². The van der Waals surface area contributed by atoms with Gasteiger partial charge in [-0.25, -0.2) is 0 Å². The molecule has 4 heteroatoms. The molecule has 26 heavy (non-hydrogen) atoms. The maximum atomic E-state index is 12.0. The Hall–Kier alpha value is -3.14. The summed E-state index contributed by atoms with van der Waals surface area (Å²) in [5.41, 5.74) is 0.983. The summed E-state index contributed by atoms with van der Waals surface area (Å²) in [6.07, 6.45) is 0. The third-order valence-electron chi connectivity index (χ3n) is 3.69. The lowest BCUT2D eigenvalue weighted by Gasteiger charge is -2.18.